The van der Waals surface area contributed by atoms with Gasteiger partial charge in [-0.25, -0.2) is 8.42 Å². The van der Waals surface area contributed by atoms with E-state index in [0.717, 1.165) is 24.6 Å². The molecule has 1 aliphatic heterocycles. The van der Waals surface area contributed by atoms with Crippen LogP contribution in [0.5, 0.6) is 0 Å². The Labute approximate surface area is 186 Å². The third-order valence-corrected chi connectivity index (χ3v) is 7.14. The van der Waals surface area contributed by atoms with Crippen molar-refractivity contribution in [3.05, 3.63) is 59.7 Å². The Morgan fingerprint density at radius 1 is 1.16 bits per heavy atom. The Hall–Kier alpha value is -2.54. The molecular formula is C24H33N3O3S. The first kappa shape index (κ1) is 23.1. The Kier molecular flexibility index (Phi) is 7.26. The van der Waals surface area contributed by atoms with E-state index in [1.165, 1.54) is 29.1 Å². The third kappa shape index (κ3) is 5.79. The molecule has 0 aromatic heterocycles. The minimum atomic E-state index is -3.34. The van der Waals surface area contributed by atoms with E-state index < -0.39 is 10.0 Å². The summed E-state index contributed by atoms with van der Waals surface area (Å²) in [6.45, 7) is 8.57. The van der Waals surface area contributed by atoms with Crippen molar-refractivity contribution in [2.75, 3.05) is 35.1 Å². The second kappa shape index (κ2) is 9.73. The number of anilines is 2. The van der Waals surface area contributed by atoms with Crippen molar-refractivity contribution < 1.29 is 13.2 Å². The molecule has 0 radical (unpaired) electrons. The standard InChI is InChI=1S/C24H33N3O3S/c1-5-27(31(4,29)30)23-14-10-21(11-15-23)24(28)25-19(3)20-8-12-22(13-9-20)26-16-6-7-18(2)17-26/h8-15,18-19H,5-7,16-17H2,1-4H3,(H,25,28)/t18-,19-/m0/s1. The predicted molar refractivity (Wildman–Crippen MR) is 127 cm³/mol. The van der Waals surface area contributed by atoms with E-state index in [-0.39, 0.29) is 11.9 Å². The number of nitrogens with zero attached hydrogens (tertiary/aromatic N) is 2. The molecule has 2 aromatic rings. The van der Waals surface area contributed by atoms with Crippen LogP contribution < -0.4 is 14.5 Å². The maximum atomic E-state index is 12.7. The van der Waals surface area contributed by atoms with Crippen molar-refractivity contribution >= 4 is 27.3 Å². The van der Waals surface area contributed by atoms with Crippen molar-refractivity contribution in [2.45, 2.75) is 39.7 Å². The summed E-state index contributed by atoms with van der Waals surface area (Å²) in [7, 11) is -3.34. The Morgan fingerprint density at radius 3 is 2.35 bits per heavy atom. The molecule has 168 valence electrons. The van der Waals surface area contributed by atoms with Gasteiger partial charge in [-0.05, 0) is 74.6 Å². The molecule has 2 atom stereocenters. The molecule has 0 bridgehead atoms. The van der Waals surface area contributed by atoms with E-state index in [1.54, 1.807) is 31.2 Å². The van der Waals surface area contributed by atoms with Crippen LogP contribution in [-0.2, 0) is 10.0 Å². The predicted octanol–water partition coefficient (Wildman–Crippen LogP) is 4.20. The Balaban J connectivity index is 1.63. The zero-order valence-corrected chi connectivity index (χ0v) is 19.7. The molecule has 0 saturated carbocycles. The Bertz CT molecular complexity index is 988. The molecule has 3 rings (SSSR count). The van der Waals surface area contributed by atoms with E-state index >= 15 is 0 Å². The van der Waals surface area contributed by atoms with Crippen molar-refractivity contribution in [2.24, 2.45) is 5.92 Å². The summed E-state index contributed by atoms with van der Waals surface area (Å²) in [5.74, 6) is 0.537. The molecule has 0 unspecified atom stereocenters. The molecule has 6 nitrogen and oxygen atoms in total. The van der Waals surface area contributed by atoms with E-state index in [1.807, 2.05) is 6.92 Å². The molecule has 1 saturated heterocycles. The molecule has 1 fully saturated rings. The largest absolute Gasteiger partial charge is 0.371 e. The molecule has 31 heavy (non-hydrogen) atoms. The summed E-state index contributed by atoms with van der Waals surface area (Å²) in [5.41, 5.74) is 3.33. The van der Waals surface area contributed by atoms with Gasteiger partial charge in [-0.1, -0.05) is 19.1 Å². The maximum Gasteiger partial charge on any atom is 0.251 e. The maximum absolute atomic E-state index is 12.7. The number of amides is 1. The summed E-state index contributed by atoms with van der Waals surface area (Å²) in [6.07, 6.45) is 3.70. The van der Waals surface area contributed by atoms with Gasteiger partial charge in [0.2, 0.25) is 10.0 Å². The number of carbonyl (C=O) groups is 1. The SMILES string of the molecule is CCN(c1ccc(C(=O)N[C@@H](C)c2ccc(N3CCC[C@H](C)C3)cc2)cc1)S(C)(=O)=O. The van der Waals surface area contributed by atoms with Crippen LogP contribution in [0.15, 0.2) is 48.5 Å². The Morgan fingerprint density at radius 2 is 1.81 bits per heavy atom. The highest BCUT2D eigenvalue weighted by atomic mass is 32.2. The molecule has 7 heteroatoms. The van der Waals surface area contributed by atoms with Gasteiger partial charge in [0.15, 0.2) is 0 Å². The average Bonchev–Trinajstić information content (AvgIpc) is 2.74. The molecule has 0 spiro atoms. The third-order valence-electron chi connectivity index (χ3n) is 5.87. The van der Waals surface area contributed by atoms with Crippen molar-refractivity contribution in [1.29, 1.82) is 0 Å². The highest BCUT2D eigenvalue weighted by molar-refractivity contribution is 7.92. The number of hydrogen-bond donors (Lipinski definition) is 1. The van der Waals surface area contributed by atoms with Crippen LogP contribution in [0, 0.1) is 5.92 Å². The van der Waals surface area contributed by atoms with Gasteiger partial charge >= 0.3 is 0 Å². The van der Waals surface area contributed by atoms with Gasteiger partial charge in [-0.15, -0.1) is 0 Å². The lowest BCUT2D eigenvalue weighted by Crippen LogP contribution is -2.34. The summed E-state index contributed by atoms with van der Waals surface area (Å²) < 4.78 is 25.0. The van der Waals surface area contributed by atoms with E-state index in [0.29, 0.717) is 17.8 Å². The van der Waals surface area contributed by atoms with Crippen LogP contribution in [0.2, 0.25) is 0 Å². The number of piperidine rings is 1. The smallest absolute Gasteiger partial charge is 0.251 e. The molecule has 0 aliphatic carbocycles. The van der Waals surface area contributed by atoms with Crippen LogP contribution in [0.1, 0.15) is 55.6 Å². The lowest BCUT2D eigenvalue weighted by molar-refractivity contribution is 0.0940. The normalized spacial score (nSPS) is 17.8. The second-order valence-electron chi connectivity index (χ2n) is 8.45. The fourth-order valence-electron chi connectivity index (χ4n) is 4.15. The van der Waals surface area contributed by atoms with Gasteiger partial charge in [-0.2, -0.15) is 0 Å². The number of nitrogens with one attached hydrogen (secondary N) is 1. The van der Waals surface area contributed by atoms with Crippen molar-refractivity contribution in [1.82, 2.24) is 5.32 Å². The highest BCUT2D eigenvalue weighted by Crippen LogP contribution is 2.25. The van der Waals surface area contributed by atoms with Crippen LogP contribution >= 0.6 is 0 Å². The first-order valence-electron chi connectivity index (χ1n) is 10.9. The van der Waals surface area contributed by atoms with Crippen LogP contribution in [0.25, 0.3) is 0 Å². The second-order valence-corrected chi connectivity index (χ2v) is 10.4. The number of benzene rings is 2. The lowest BCUT2D eigenvalue weighted by Gasteiger charge is -2.33. The molecule has 1 aliphatic rings. The van der Waals surface area contributed by atoms with Gasteiger partial charge in [-0.3, -0.25) is 9.10 Å². The fourth-order valence-corrected chi connectivity index (χ4v) is 5.12. The number of hydrogen-bond acceptors (Lipinski definition) is 4. The fraction of sp³-hybridized carbons (Fsp3) is 0.458. The zero-order chi connectivity index (χ0) is 22.6. The first-order chi connectivity index (χ1) is 14.7. The van der Waals surface area contributed by atoms with Gasteiger partial charge in [0.25, 0.3) is 5.91 Å². The summed E-state index contributed by atoms with van der Waals surface area (Å²) >= 11 is 0. The molecule has 1 amide bonds. The van der Waals surface area contributed by atoms with E-state index in [2.05, 4.69) is 41.4 Å². The van der Waals surface area contributed by atoms with Gasteiger partial charge in [0.1, 0.15) is 0 Å². The van der Waals surface area contributed by atoms with Crippen LogP contribution in [0.3, 0.4) is 0 Å². The molecular weight excluding hydrogens is 410 g/mol. The van der Waals surface area contributed by atoms with E-state index in [4.69, 9.17) is 0 Å². The number of rotatable bonds is 7. The van der Waals surface area contributed by atoms with E-state index in [9.17, 15) is 13.2 Å². The summed E-state index contributed by atoms with van der Waals surface area (Å²) in [6, 6.07) is 14.9. The van der Waals surface area contributed by atoms with Crippen molar-refractivity contribution in [3.8, 4) is 0 Å². The van der Waals surface area contributed by atoms with Gasteiger partial charge in [0.05, 0.1) is 18.0 Å². The molecule has 2 aromatic carbocycles. The summed E-state index contributed by atoms with van der Waals surface area (Å²) in [4.78, 5) is 15.1. The summed E-state index contributed by atoms with van der Waals surface area (Å²) in [5, 5.41) is 3.03. The molecule has 1 N–H and O–H groups in total. The zero-order valence-electron chi connectivity index (χ0n) is 18.8. The van der Waals surface area contributed by atoms with Gasteiger partial charge in [0, 0.05) is 30.9 Å². The van der Waals surface area contributed by atoms with Crippen LogP contribution in [-0.4, -0.2) is 40.2 Å². The van der Waals surface area contributed by atoms with Crippen LogP contribution in [0.4, 0.5) is 11.4 Å². The minimum absolute atomic E-state index is 0.135. The quantitative estimate of drug-likeness (QED) is 0.696. The number of carbonyl (C=O) groups excluding carboxylic acids is 1. The monoisotopic (exact) mass is 443 g/mol. The first-order valence-corrected chi connectivity index (χ1v) is 12.8. The lowest BCUT2D eigenvalue weighted by atomic mass is 9.99. The number of sulfonamides is 1. The minimum Gasteiger partial charge on any atom is -0.371 e. The average molecular weight is 444 g/mol. The molecule has 1 heterocycles. The van der Waals surface area contributed by atoms with Crippen molar-refractivity contribution in [3.63, 3.8) is 0 Å². The topological polar surface area (TPSA) is 69.7 Å². The highest BCUT2D eigenvalue weighted by Gasteiger charge is 2.18. The van der Waals surface area contributed by atoms with Gasteiger partial charge < -0.3 is 10.2 Å².